The predicted molar refractivity (Wildman–Crippen MR) is 150 cm³/mol. The minimum atomic E-state index is -1.37. The topological polar surface area (TPSA) is 35.8 Å². The van der Waals surface area contributed by atoms with E-state index < -0.39 is 15.1 Å². The third-order valence-electron chi connectivity index (χ3n) is 5.85. The van der Waals surface area contributed by atoms with Gasteiger partial charge in [-0.05, 0) is 43.2 Å². The highest BCUT2D eigenvalue weighted by atomic mass is 28.3. The van der Waals surface area contributed by atoms with Gasteiger partial charge in [-0.1, -0.05) is 97.6 Å². The van der Waals surface area contributed by atoms with Crippen LogP contribution >= 0.6 is 0 Å². The summed E-state index contributed by atoms with van der Waals surface area (Å²) in [7, 11) is -2.03. The van der Waals surface area contributed by atoms with Crippen molar-refractivity contribution in [2.24, 2.45) is 4.99 Å². The van der Waals surface area contributed by atoms with Gasteiger partial charge in [0.05, 0.1) is 19.5 Å². The van der Waals surface area contributed by atoms with Crippen molar-refractivity contribution in [3.63, 3.8) is 0 Å². The molecule has 0 unspecified atom stereocenters. The summed E-state index contributed by atoms with van der Waals surface area (Å²) >= 11 is 0. The molecule has 0 aliphatic carbocycles. The van der Waals surface area contributed by atoms with E-state index >= 15 is 0 Å². The van der Waals surface area contributed by atoms with Crippen LogP contribution in [0.5, 0.6) is 0 Å². The zero-order chi connectivity index (χ0) is 24.1. The standard InChI is InChI=1S/C29H31BN2OSi/c1-30(33)32(27-19-21-28(22-20-27)34(2,3)4)26-17-15-25(16-18-26)31-29(23-11-7-5-8-12-23)24-13-9-6-10-14-24/h5-22,33H,1-4H3. The molecule has 0 saturated carbocycles. The second kappa shape index (κ2) is 10.2. The summed E-state index contributed by atoms with van der Waals surface area (Å²) < 4.78 is 0. The number of anilines is 2. The van der Waals surface area contributed by atoms with Crippen molar-refractivity contribution in [3.8, 4) is 0 Å². The van der Waals surface area contributed by atoms with E-state index in [0.29, 0.717) is 0 Å². The molecule has 170 valence electrons. The summed E-state index contributed by atoms with van der Waals surface area (Å²) in [4.78, 5) is 6.94. The first-order valence-corrected chi connectivity index (χ1v) is 15.2. The van der Waals surface area contributed by atoms with E-state index in [1.807, 2.05) is 65.5 Å². The van der Waals surface area contributed by atoms with Gasteiger partial charge in [0.2, 0.25) is 0 Å². The van der Waals surface area contributed by atoms with Crippen LogP contribution in [-0.2, 0) is 0 Å². The lowest BCUT2D eigenvalue weighted by atomic mass is 9.83. The van der Waals surface area contributed by atoms with Gasteiger partial charge in [-0.15, -0.1) is 0 Å². The smallest absolute Gasteiger partial charge is 0.414 e. The average molecular weight is 462 g/mol. The van der Waals surface area contributed by atoms with E-state index in [9.17, 15) is 5.02 Å². The maximum absolute atomic E-state index is 10.6. The first kappa shape index (κ1) is 23.7. The number of benzene rings is 4. The van der Waals surface area contributed by atoms with Crippen LogP contribution in [0.25, 0.3) is 0 Å². The average Bonchev–Trinajstić information content (AvgIpc) is 2.84. The maximum Gasteiger partial charge on any atom is 0.414 e. The van der Waals surface area contributed by atoms with Crippen LogP contribution in [0.4, 0.5) is 17.1 Å². The molecule has 3 nitrogen and oxygen atoms in total. The monoisotopic (exact) mass is 462 g/mol. The van der Waals surface area contributed by atoms with Crippen LogP contribution in [0.2, 0.25) is 26.5 Å². The lowest BCUT2D eigenvalue weighted by Crippen LogP contribution is -2.38. The second-order valence-corrected chi connectivity index (χ2v) is 14.6. The number of hydrogen-bond acceptors (Lipinski definition) is 3. The predicted octanol–water partition coefficient (Wildman–Crippen LogP) is 6.65. The van der Waals surface area contributed by atoms with Crippen molar-refractivity contribution in [2.75, 3.05) is 4.81 Å². The molecule has 0 heterocycles. The largest absolute Gasteiger partial charge is 0.432 e. The number of rotatable bonds is 7. The Bertz CT molecular complexity index is 1190. The van der Waals surface area contributed by atoms with Crippen molar-refractivity contribution in [1.29, 1.82) is 0 Å². The molecular weight excluding hydrogens is 431 g/mol. The van der Waals surface area contributed by atoms with Gasteiger partial charge in [0, 0.05) is 22.5 Å². The van der Waals surface area contributed by atoms with Gasteiger partial charge in [-0.3, -0.25) is 0 Å². The third-order valence-corrected chi connectivity index (χ3v) is 7.91. The van der Waals surface area contributed by atoms with Crippen molar-refractivity contribution in [3.05, 3.63) is 120 Å². The molecule has 0 aromatic heterocycles. The Balaban J connectivity index is 1.67. The zero-order valence-corrected chi connectivity index (χ0v) is 21.3. The summed E-state index contributed by atoms with van der Waals surface area (Å²) in [6.07, 6.45) is 0. The van der Waals surface area contributed by atoms with E-state index in [2.05, 4.69) is 68.2 Å². The minimum absolute atomic E-state index is 0.656. The van der Waals surface area contributed by atoms with Gasteiger partial charge < -0.3 is 9.83 Å². The van der Waals surface area contributed by atoms with Crippen LogP contribution in [0.3, 0.4) is 0 Å². The van der Waals surface area contributed by atoms with E-state index in [1.54, 1.807) is 6.82 Å². The summed E-state index contributed by atoms with van der Waals surface area (Å²) in [5.41, 5.74) is 5.85. The first-order valence-electron chi connectivity index (χ1n) is 11.7. The van der Waals surface area contributed by atoms with Crippen LogP contribution < -0.4 is 10.00 Å². The SMILES string of the molecule is CB(O)N(c1ccc(N=C(c2ccccc2)c2ccccc2)cc1)c1ccc([Si](C)(C)C)cc1. The van der Waals surface area contributed by atoms with Crippen LogP contribution in [-0.4, -0.2) is 25.9 Å². The Kier molecular flexibility index (Phi) is 7.15. The normalized spacial score (nSPS) is 11.1. The van der Waals surface area contributed by atoms with Gasteiger partial charge in [0.25, 0.3) is 0 Å². The summed E-state index contributed by atoms with van der Waals surface area (Å²) in [5.74, 6) is 0. The van der Waals surface area contributed by atoms with Crippen LogP contribution in [0.1, 0.15) is 11.1 Å². The summed E-state index contributed by atoms with van der Waals surface area (Å²) in [5, 5.41) is 12.0. The van der Waals surface area contributed by atoms with Crippen molar-refractivity contribution in [2.45, 2.75) is 26.5 Å². The molecule has 0 spiro atoms. The quantitative estimate of drug-likeness (QED) is 0.247. The highest BCUT2D eigenvalue weighted by molar-refractivity contribution is 6.88. The fraction of sp³-hybridized carbons (Fsp3) is 0.138. The lowest BCUT2D eigenvalue weighted by molar-refractivity contribution is 0.578. The Morgan fingerprint density at radius 3 is 1.53 bits per heavy atom. The summed E-state index contributed by atoms with van der Waals surface area (Å²) in [6.45, 7) is 8.81. The van der Waals surface area contributed by atoms with Gasteiger partial charge in [-0.25, -0.2) is 4.99 Å². The molecule has 0 saturated heterocycles. The molecule has 4 aromatic carbocycles. The Labute approximate surface area is 204 Å². The van der Waals surface area contributed by atoms with E-state index in [1.165, 1.54) is 5.19 Å². The second-order valence-electron chi connectivity index (χ2n) is 9.51. The first-order chi connectivity index (χ1) is 16.3. The van der Waals surface area contributed by atoms with Crippen molar-refractivity contribution < 1.29 is 5.02 Å². The molecule has 4 rings (SSSR count). The molecule has 34 heavy (non-hydrogen) atoms. The molecular formula is C29H31BN2OSi. The van der Waals surface area contributed by atoms with Crippen molar-refractivity contribution >= 4 is 43.1 Å². The Hall–Kier alpha value is -3.41. The highest BCUT2D eigenvalue weighted by Crippen LogP contribution is 2.28. The molecule has 1 N–H and O–H groups in total. The van der Waals surface area contributed by atoms with Gasteiger partial charge in [0.15, 0.2) is 0 Å². The Morgan fingerprint density at radius 1 is 0.676 bits per heavy atom. The fourth-order valence-corrected chi connectivity index (χ4v) is 5.17. The molecule has 5 heteroatoms. The number of aliphatic imine (C=N–C) groups is 1. The van der Waals surface area contributed by atoms with Gasteiger partial charge >= 0.3 is 7.05 Å². The molecule has 0 fully saturated rings. The van der Waals surface area contributed by atoms with E-state index in [4.69, 9.17) is 4.99 Å². The van der Waals surface area contributed by atoms with Gasteiger partial charge in [0.1, 0.15) is 0 Å². The number of nitrogens with zero attached hydrogens (tertiary/aromatic N) is 2. The van der Waals surface area contributed by atoms with Crippen molar-refractivity contribution in [1.82, 2.24) is 0 Å². The molecule has 0 atom stereocenters. The van der Waals surface area contributed by atoms with Crippen LogP contribution in [0, 0.1) is 0 Å². The van der Waals surface area contributed by atoms with Crippen LogP contribution in [0.15, 0.2) is 114 Å². The molecule has 0 radical (unpaired) electrons. The third kappa shape index (κ3) is 5.56. The molecule has 0 aliphatic rings. The molecule has 0 aliphatic heterocycles. The molecule has 0 bridgehead atoms. The molecule has 4 aromatic rings. The minimum Gasteiger partial charge on any atom is -0.432 e. The Morgan fingerprint density at radius 2 is 1.12 bits per heavy atom. The lowest BCUT2D eigenvalue weighted by Gasteiger charge is -2.27. The fourth-order valence-electron chi connectivity index (χ4n) is 4.01. The van der Waals surface area contributed by atoms with Gasteiger partial charge in [-0.2, -0.15) is 0 Å². The number of hydrogen-bond donors (Lipinski definition) is 1. The zero-order valence-electron chi connectivity index (χ0n) is 20.3. The highest BCUT2D eigenvalue weighted by Gasteiger charge is 2.21. The summed E-state index contributed by atoms with van der Waals surface area (Å²) in [6, 6.07) is 37.2. The maximum atomic E-state index is 10.6. The molecule has 0 amide bonds. The van der Waals surface area contributed by atoms with E-state index in [0.717, 1.165) is 33.9 Å². The van der Waals surface area contributed by atoms with E-state index in [-0.39, 0.29) is 0 Å².